The molecule has 0 spiro atoms. The summed E-state index contributed by atoms with van der Waals surface area (Å²) in [5, 5.41) is 13.5. The van der Waals surface area contributed by atoms with Gasteiger partial charge in [0.25, 0.3) is 5.91 Å². The Morgan fingerprint density at radius 3 is 2.85 bits per heavy atom. The number of aromatic nitrogens is 3. The Labute approximate surface area is 189 Å². The van der Waals surface area contributed by atoms with E-state index < -0.39 is 17.8 Å². The third-order valence-electron chi connectivity index (χ3n) is 5.53. The Balaban J connectivity index is 1.68. The van der Waals surface area contributed by atoms with Crippen molar-refractivity contribution in [3.8, 4) is 5.75 Å². The number of likely N-dealkylation sites (N-methyl/N-ethyl adjacent to an activating group) is 1. The molecule has 1 aliphatic rings. The molecule has 1 atom stereocenters. The maximum Gasteiger partial charge on any atom is 0.272 e. The molecule has 0 aliphatic carbocycles. The highest BCUT2D eigenvalue weighted by atomic mass is 19.1. The minimum absolute atomic E-state index is 0.203. The van der Waals surface area contributed by atoms with E-state index >= 15 is 0 Å². The van der Waals surface area contributed by atoms with Crippen molar-refractivity contribution in [2.75, 3.05) is 38.4 Å². The average molecular weight is 453 g/mol. The number of hydrogen-bond donors (Lipinski definition) is 3. The standard InChI is InChI=1S/C22H24FN7O3/c1-24-16-10-20(26-15-7-6-13(23)9-19(15)33-3)28-30-17(11-25-21(16)30)22(32)27-14-5-4-8-29(2)18(14)12-31/h6-7,9-11,14,24H,4-5,8H2,1-3H3,(H,26,28)(H,27,32)/t14-/m1/s1. The highest BCUT2D eigenvalue weighted by molar-refractivity contribution is 5.94. The number of hydrogen-bond acceptors (Lipinski definition) is 8. The van der Waals surface area contributed by atoms with Crippen molar-refractivity contribution < 1.29 is 18.7 Å². The molecule has 1 fully saturated rings. The second kappa shape index (κ2) is 9.17. The highest BCUT2D eigenvalue weighted by Gasteiger charge is 2.27. The van der Waals surface area contributed by atoms with Gasteiger partial charge in [-0.25, -0.2) is 18.7 Å². The number of fused-ring (bicyclic) bond motifs is 1. The number of halogens is 1. The summed E-state index contributed by atoms with van der Waals surface area (Å²) < 4.78 is 20.2. The van der Waals surface area contributed by atoms with Gasteiger partial charge in [-0.3, -0.25) is 4.79 Å². The van der Waals surface area contributed by atoms with E-state index in [-0.39, 0.29) is 5.69 Å². The molecular weight excluding hydrogens is 429 g/mol. The number of nitrogens with zero attached hydrogens (tertiary/aromatic N) is 4. The summed E-state index contributed by atoms with van der Waals surface area (Å²) in [6.45, 7) is 0.738. The fraction of sp³-hybridized carbons (Fsp3) is 0.318. The van der Waals surface area contributed by atoms with Gasteiger partial charge in [-0.15, -0.1) is 5.10 Å². The summed E-state index contributed by atoms with van der Waals surface area (Å²) >= 11 is 0. The lowest BCUT2D eigenvalue weighted by Crippen LogP contribution is -2.45. The SMILES string of the molecule is CNc1cc(Nc2ccc(F)cc2OC)nn2c(C(=O)N[C@@H]3CCCN(C)C3=C=O)cnc12. The number of imidazole rings is 1. The first-order chi connectivity index (χ1) is 15.9. The van der Waals surface area contributed by atoms with Crippen molar-refractivity contribution in [2.45, 2.75) is 18.9 Å². The van der Waals surface area contributed by atoms with Crippen molar-refractivity contribution in [3.63, 3.8) is 0 Å². The molecule has 3 N–H and O–H groups in total. The third-order valence-corrected chi connectivity index (χ3v) is 5.53. The number of amides is 1. The molecule has 2 aromatic heterocycles. The first kappa shape index (κ1) is 22.1. The molecule has 10 nitrogen and oxygen atoms in total. The molecule has 172 valence electrons. The van der Waals surface area contributed by atoms with Gasteiger partial charge in [0.1, 0.15) is 23.2 Å². The van der Waals surface area contributed by atoms with E-state index in [2.05, 4.69) is 26.0 Å². The van der Waals surface area contributed by atoms with Gasteiger partial charge in [0.15, 0.2) is 17.2 Å². The Kier molecular flexibility index (Phi) is 6.14. The van der Waals surface area contributed by atoms with Crippen LogP contribution in [0.3, 0.4) is 0 Å². The molecule has 1 aromatic carbocycles. The van der Waals surface area contributed by atoms with Crippen LogP contribution in [-0.4, -0.2) is 65.1 Å². The normalized spacial score (nSPS) is 15.8. The Morgan fingerprint density at radius 2 is 2.12 bits per heavy atom. The van der Waals surface area contributed by atoms with Crippen LogP contribution in [0.5, 0.6) is 5.75 Å². The monoisotopic (exact) mass is 453 g/mol. The van der Waals surface area contributed by atoms with Gasteiger partial charge in [-0.05, 0) is 25.0 Å². The summed E-state index contributed by atoms with van der Waals surface area (Å²) in [4.78, 5) is 30.6. The van der Waals surface area contributed by atoms with E-state index in [1.165, 1.54) is 36.0 Å². The minimum Gasteiger partial charge on any atom is -0.494 e. The van der Waals surface area contributed by atoms with Crippen LogP contribution < -0.4 is 20.7 Å². The molecule has 0 saturated carbocycles. The molecule has 3 aromatic rings. The van der Waals surface area contributed by atoms with Crippen LogP contribution in [0.2, 0.25) is 0 Å². The Morgan fingerprint density at radius 1 is 1.30 bits per heavy atom. The predicted octanol–water partition coefficient (Wildman–Crippen LogP) is 2.20. The summed E-state index contributed by atoms with van der Waals surface area (Å²) in [6, 6.07) is 5.38. The number of piperidine rings is 1. The summed E-state index contributed by atoms with van der Waals surface area (Å²) in [6.07, 6.45) is 2.91. The van der Waals surface area contributed by atoms with Crippen molar-refractivity contribution in [1.29, 1.82) is 0 Å². The molecule has 33 heavy (non-hydrogen) atoms. The van der Waals surface area contributed by atoms with Gasteiger partial charge < -0.3 is 25.6 Å². The van der Waals surface area contributed by atoms with E-state index in [4.69, 9.17) is 4.74 Å². The Hall–Kier alpha value is -4.11. The molecule has 1 saturated heterocycles. The molecule has 1 aliphatic heterocycles. The number of carbonyl (C=O) groups is 1. The maximum absolute atomic E-state index is 13.6. The zero-order chi connectivity index (χ0) is 23.5. The number of likely N-dealkylation sites (tertiary alicyclic amines) is 1. The van der Waals surface area contributed by atoms with E-state index in [1.54, 1.807) is 25.1 Å². The second-order valence-corrected chi connectivity index (χ2v) is 7.62. The van der Waals surface area contributed by atoms with E-state index in [0.717, 1.165) is 13.0 Å². The molecule has 0 bridgehead atoms. The summed E-state index contributed by atoms with van der Waals surface area (Å²) in [5.41, 5.74) is 2.20. The second-order valence-electron chi connectivity index (χ2n) is 7.62. The van der Waals surface area contributed by atoms with Crippen LogP contribution in [-0.2, 0) is 4.79 Å². The smallest absolute Gasteiger partial charge is 0.272 e. The van der Waals surface area contributed by atoms with Gasteiger partial charge in [-0.2, -0.15) is 0 Å². The van der Waals surface area contributed by atoms with Crippen LogP contribution in [0.25, 0.3) is 5.65 Å². The van der Waals surface area contributed by atoms with Crippen LogP contribution in [0.4, 0.5) is 21.6 Å². The topological polar surface area (TPSA) is 113 Å². The minimum atomic E-state index is -0.437. The van der Waals surface area contributed by atoms with Crippen LogP contribution in [0.1, 0.15) is 23.3 Å². The molecule has 3 heterocycles. The van der Waals surface area contributed by atoms with E-state index in [0.29, 0.717) is 40.7 Å². The van der Waals surface area contributed by atoms with Crippen molar-refractivity contribution in [3.05, 3.63) is 47.7 Å². The summed E-state index contributed by atoms with van der Waals surface area (Å²) in [7, 11) is 4.97. The van der Waals surface area contributed by atoms with Crippen LogP contribution >= 0.6 is 0 Å². The number of benzene rings is 1. The van der Waals surface area contributed by atoms with Crippen molar-refractivity contribution >= 4 is 34.7 Å². The third kappa shape index (κ3) is 4.31. The number of anilines is 3. The van der Waals surface area contributed by atoms with Crippen LogP contribution in [0, 0.1) is 5.82 Å². The van der Waals surface area contributed by atoms with Gasteiger partial charge >= 0.3 is 0 Å². The van der Waals surface area contributed by atoms with Crippen LogP contribution in [0.15, 0.2) is 36.2 Å². The molecule has 0 unspecified atom stereocenters. The fourth-order valence-electron chi connectivity index (χ4n) is 3.85. The quantitative estimate of drug-likeness (QED) is 0.487. The van der Waals surface area contributed by atoms with Gasteiger partial charge in [-0.1, -0.05) is 0 Å². The van der Waals surface area contributed by atoms with Gasteiger partial charge in [0, 0.05) is 32.8 Å². The van der Waals surface area contributed by atoms with Gasteiger partial charge in [0.05, 0.1) is 30.7 Å². The number of nitrogens with one attached hydrogen (secondary N) is 3. The van der Waals surface area contributed by atoms with E-state index in [9.17, 15) is 14.0 Å². The lowest BCUT2D eigenvalue weighted by atomic mass is 10.0. The molecule has 4 rings (SSSR count). The lowest BCUT2D eigenvalue weighted by Gasteiger charge is -2.32. The van der Waals surface area contributed by atoms with E-state index in [1.807, 2.05) is 5.94 Å². The number of rotatable bonds is 6. The largest absolute Gasteiger partial charge is 0.494 e. The predicted molar refractivity (Wildman–Crippen MR) is 121 cm³/mol. The number of carbonyl (C=O) groups excluding carboxylic acids is 2. The lowest BCUT2D eigenvalue weighted by molar-refractivity contribution is 0.0923. The first-order valence-corrected chi connectivity index (χ1v) is 10.4. The molecular formula is C22H24FN7O3. The zero-order valence-electron chi connectivity index (χ0n) is 18.5. The van der Waals surface area contributed by atoms with Crippen molar-refractivity contribution in [2.24, 2.45) is 0 Å². The maximum atomic E-state index is 13.6. The number of ether oxygens (including phenoxy) is 1. The highest BCUT2D eigenvalue weighted by Crippen LogP contribution is 2.29. The first-order valence-electron chi connectivity index (χ1n) is 10.4. The Bertz CT molecular complexity index is 1250. The van der Waals surface area contributed by atoms with Gasteiger partial charge in [0.2, 0.25) is 0 Å². The fourth-order valence-corrected chi connectivity index (χ4v) is 3.85. The molecule has 0 radical (unpaired) electrons. The average Bonchev–Trinajstić information content (AvgIpc) is 3.24. The molecule has 1 amide bonds. The van der Waals surface area contributed by atoms with Crippen molar-refractivity contribution in [1.82, 2.24) is 24.8 Å². The zero-order valence-corrected chi connectivity index (χ0v) is 18.5. The molecule has 11 heteroatoms. The summed E-state index contributed by atoms with van der Waals surface area (Å²) in [5.74, 6) is 1.79. The number of methoxy groups -OCH3 is 1.